The van der Waals surface area contributed by atoms with Gasteiger partial charge in [-0.15, -0.1) is 0 Å². The Morgan fingerprint density at radius 1 is 1.08 bits per heavy atom. The van der Waals surface area contributed by atoms with E-state index in [1.165, 1.54) is 0 Å². The molecule has 0 spiro atoms. The summed E-state index contributed by atoms with van der Waals surface area (Å²) in [5.74, 6) is 0.621. The molecule has 1 rings (SSSR count). The molecule has 0 atom stereocenters. The van der Waals surface area contributed by atoms with E-state index in [0.717, 1.165) is 6.42 Å². The highest BCUT2D eigenvalue weighted by Gasteiger charge is 2.13. The average Bonchev–Trinajstić information content (AvgIpc) is 1.93. The summed E-state index contributed by atoms with van der Waals surface area (Å²) in [6, 6.07) is 0. The quantitative estimate of drug-likeness (QED) is 0.633. The van der Waals surface area contributed by atoms with Gasteiger partial charge in [0.2, 0.25) is 0 Å². The molecule has 0 aliphatic carbocycles. The summed E-state index contributed by atoms with van der Waals surface area (Å²) < 4.78 is 16.1. The topological polar surface area (TPSA) is 27.7 Å². The lowest BCUT2D eigenvalue weighted by Gasteiger charge is -2.22. The number of hydrogen-bond donors (Lipinski definition) is 0. The average molecular weight is 174 g/mol. The maximum absolute atomic E-state index is 5.45. The van der Waals surface area contributed by atoms with Crippen molar-refractivity contribution in [3.8, 4) is 0 Å². The van der Waals surface area contributed by atoms with E-state index in [2.05, 4.69) is 13.8 Å². The molecule has 1 aliphatic heterocycles. The maximum atomic E-state index is 5.45. The first-order valence-corrected chi connectivity index (χ1v) is 4.60. The van der Waals surface area contributed by atoms with E-state index >= 15 is 0 Å². The Bertz CT molecular complexity index is 106. The predicted molar refractivity (Wildman–Crippen MR) is 46.0 cm³/mol. The summed E-state index contributed by atoms with van der Waals surface area (Å²) in [4.78, 5) is 0. The lowest BCUT2D eigenvalue weighted by molar-refractivity contribution is -0.184. The van der Waals surface area contributed by atoms with E-state index in [0.29, 0.717) is 32.3 Å². The zero-order valence-electron chi connectivity index (χ0n) is 7.91. The van der Waals surface area contributed by atoms with Crippen LogP contribution in [-0.4, -0.2) is 32.7 Å². The molecular weight excluding hydrogens is 156 g/mol. The molecule has 0 saturated carbocycles. The highest BCUT2D eigenvalue weighted by atomic mass is 16.7. The molecule has 0 radical (unpaired) electrons. The highest BCUT2D eigenvalue weighted by Crippen LogP contribution is 2.10. The van der Waals surface area contributed by atoms with Crippen LogP contribution in [0, 0.1) is 5.92 Å². The fourth-order valence-electron chi connectivity index (χ4n) is 1.15. The van der Waals surface area contributed by atoms with Gasteiger partial charge in [-0.2, -0.15) is 0 Å². The molecule has 1 aliphatic rings. The van der Waals surface area contributed by atoms with Crippen LogP contribution in [0.3, 0.4) is 0 Å². The maximum Gasteiger partial charge on any atom is 0.158 e. The molecule has 1 fully saturated rings. The van der Waals surface area contributed by atoms with Gasteiger partial charge in [-0.25, -0.2) is 0 Å². The van der Waals surface area contributed by atoms with Crippen LogP contribution in [0.2, 0.25) is 0 Å². The molecule has 0 aromatic carbocycles. The van der Waals surface area contributed by atoms with Crippen molar-refractivity contribution in [2.45, 2.75) is 26.6 Å². The molecule has 0 unspecified atom stereocenters. The highest BCUT2D eigenvalue weighted by molar-refractivity contribution is 4.52. The summed E-state index contributed by atoms with van der Waals surface area (Å²) in [6.07, 6.45) is 0.953. The Balaban J connectivity index is 2.20. The van der Waals surface area contributed by atoms with E-state index in [1.54, 1.807) is 0 Å². The van der Waals surface area contributed by atoms with E-state index in [4.69, 9.17) is 14.2 Å². The van der Waals surface area contributed by atoms with Gasteiger partial charge in [0.05, 0.1) is 26.4 Å². The number of ether oxygens (including phenoxy) is 3. The van der Waals surface area contributed by atoms with Gasteiger partial charge >= 0.3 is 0 Å². The molecule has 0 bridgehead atoms. The lowest BCUT2D eigenvalue weighted by Crippen LogP contribution is -2.26. The second-order valence-corrected chi connectivity index (χ2v) is 3.41. The first-order chi connectivity index (χ1) is 5.79. The minimum Gasteiger partial charge on any atom is -0.377 e. The zero-order valence-corrected chi connectivity index (χ0v) is 7.91. The SMILES string of the molecule is CC(C)CC1OCCOCCO1. The third-order valence-corrected chi connectivity index (χ3v) is 1.73. The van der Waals surface area contributed by atoms with E-state index in [9.17, 15) is 0 Å². The summed E-state index contributed by atoms with van der Waals surface area (Å²) in [5, 5.41) is 0. The molecular formula is C9H18O3. The van der Waals surface area contributed by atoms with Crippen molar-refractivity contribution < 1.29 is 14.2 Å². The van der Waals surface area contributed by atoms with Crippen LogP contribution in [0.4, 0.5) is 0 Å². The summed E-state index contributed by atoms with van der Waals surface area (Å²) in [5.41, 5.74) is 0. The molecule has 1 heterocycles. The molecule has 0 aromatic heterocycles. The van der Waals surface area contributed by atoms with Crippen LogP contribution in [-0.2, 0) is 14.2 Å². The normalized spacial score (nSPS) is 22.2. The number of rotatable bonds is 2. The Labute approximate surface area is 74.0 Å². The van der Waals surface area contributed by atoms with Crippen molar-refractivity contribution in [3.05, 3.63) is 0 Å². The Morgan fingerprint density at radius 3 is 2.17 bits per heavy atom. The molecule has 72 valence electrons. The molecule has 12 heavy (non-hydrogen) atoms. The monoisotopic (exact) mass is 174 g/mol. The van der Waals surface area contributed by atoms with E-state index in [-0.39, 0.29) is 6.29 Å². The Kier molecular flexibility index (Phi) is 4.58. The van der Waals surface area contributed by atoms with Gasteiger partial charge in [0.1, 0.15) is 0 Å². The first-order valence-electron chi connectivity index (χ1n) is 4.60. The van der Waals surface area contributed by atoms with Gasteiger partial charge in [0.15, 0.2) is 6.29 Å². The molecule has 0 aromatic rings. The van der Waals surface area contributed by atoms with Gasteiger partial charge in [-0.1, -0.05) is 13.8 Å². The van der Waals surface area contributed by atoms with Gasteiger partial charge in [0.25, 0.3) is 0 Å². The van der Waals surface area contributed by atoms with Gasteiger partial charge < -0.3 is 14.2 Å². The molecule has 0 N–H and O–H groups in total. The van der Waals surface area contributed by atoms with Crippen molar-refractivity contribution in [1.82, 2.24) is 0 Å². The summed E-state index contributed by atoms with van der Waals surface area (Å²) in [7, 11) is 0. The molecule has 3 nitrogen and oxygen atoms in total. The largest absolute Gasteiger partial charge is 0.377 e. The van der Waals surface area contributed by atoms with Crippen LogP contribution in [0.5, 0.6) is 0 Å². The minimum atomic E-state index is -0.0195. The Morgan fingerprint density at radius 2 is 1.67 bits per heavy atom. The van der Waals surface area contributed by atoms with Crippen LogP contribution in [0.25, 0.3) is 0 Å². The van der Waals surface area contributed by atoms with Crippen LogP contribution in [0.15, 0.2) is 0 Å². The van der Waals surface area contributed by atoms with Gasteiger partial charge in [-0.3, -0.25) is 0 Å². The zero-order chi connectivity index (χ0) is 8.81. The second-order valence-electron chi connectivity index (χ2n) is 3.41. The van der Waals surface area contributed by atoms with Crippen molar-refractivity contribution in [2.75, 3.05) is 26.4 Å². The Hall–Kier alpha value is -0.120. The first kappa shape index (κ1) is 9.96. The molecule has 3 heteroatoms. The van der Waals surface area contributed by atoms with Gasteiger partial charge in [-0.05, 0) is 5.92 Å². The molecule has 1 saturated heterocycles. The van der Waals surface area contributed by atoms with Gasteiger partial charge in [0, 0.05) is 6.42 Å². The third kappa shape index (κ3) is 4.04. The van der Waals surface area contributed by atoms with Crippen LogP contribution in [0.1, 0.15) is 20.3 Å². The van der Waals surface area contributed by atoms with E-state index < -0.39 is 0 Å². The van der Waals surface area contributed by atoms with Crippen molar-refractivity contribution >= 4 is 0 Å². The third-order valence-electron chi connectivity index (χ3n) is 1.73. The minimum absolute atomic E-state index is 0.0195. The standard InChI is InChI=1S/C9H18O3/c1-8(2)7-9-11-5-3-10-4-6-12-9/h8-9H,3-7H2,1-2H3. The fraction of sp³-hybridized carbons (Fsp3) is 1.00. The fourth-order valence-corrected chi connectivity index (χ4v) is 1.15. The van der Waals surface area contributed by atoms with Crippen molar-refractivity contribution in [1.29, 1.82) is 0 Å². The van der Waals surface area contributed by atoms with Crippen LogP contribution < -0.4 is 0 Å². The predicted octanol–water partition coefficient (Wildman–Crippen LogP) is 1.42. The smallest absolute Gasteiger partial charge is 0.158 e. The summed E-state index contributed by atoms with van der Waals surface area (Å²) in [6.45, 7) is 7.02. The van der Waals surface area contributed by atoms with Crippen molar-refractivity contribution in [2.24, 2.45) is 5.92 Å². The molecule has 0 amide bonds. The van der Waals surface area contributed by atoms with Crippen LogP contribution >= 0.6 is 0 Å². The summed E-state index contributed by atoms with van der Waals surface area (Å²) >= 11 is 0. The van der Waals surface area contributed by atoms with Crippen molar-refractivity contribution in [3.63, 3.8) is 0 Å². The lowest BCUT2D eigenvalue weighted by atomic mass is 10.1. The number of hydrogen-bond acceptors (Lipinski definition) is 3. The second kappa shape index (κ2) is 5.51. The van der Waals surface area contributed by atoms with E-state index in [1.807, 2.05) is 0 Å².